The lowest BCUT2D eigenvalue weighted by Crippen LogP contribution is -2.68. The standard InChI is InChI=1S/C31H50O4/c1-20-30-10-8-21-27(4,22(30)9-11-31(20,33)35-19-30)15-17-29(6)23-18-26(3,24(32)34-7)13-12-25(23,2)14-16-28(21,29)5/h20-23,33H,8-19H2,1-7H3/t20-,21?,22?,23-,25-,26-,27-,28-,29?,30+,31+/m1/s1. The van der Waals surface area contributed by atoms with Crippen LogP contribution in [0.15, 0.2) is 0 Å². The van der Waals surface area contributed by atoms with Crippen molar-refractivity contribution in [3.05, 3.63) is 0 Å². The molecule has 198 valence electrons. The van der Waals surface area contributed by atoms with Gasteiger partial charge in [-0.15, -0.1) is 0 Å². The van der Waals surface area contributed by atoms with Crippen LogP contribution in [0.25, 0.3) is 0 Å². The molecule has 1 saturated heterocycles. The topological polar surface area (TPSA) is 55.8 Å². The summed E-state index contributed by atoms with van der Waals surface area (Å²) < 4.78 is 11.5. The minimum atomic E-state index is -0.889. The molecule has 3 unspecified atom stereocenters. The van der Waals surface area contributed by atoms with E-state index in [1.807, 2.05) is 0 Å². The third-order valence-corrected chi connectivity index (χ3v) is 14.8. The van der Waals surface area contributed by atoms with Gasteiger partial charge in [-0.3, -0.25) is 4.79 Å². The molecule has 1 heterocycles. The molecule has 0 aromatic carbocycles. The van der Waals surface area contributed by atoms with Crippen LogP contribution in [0, 0.1) is 56.2 Å². The summed E-state index contributed by atoms with van der Waals surface area (Å²) >= 11 is 0. The normalized spacial score (nSPS) is 61.1. The van der Waals surface area contributed by atoms with Gasteiger partial charge in [0, 0.05) is 17.8 Å². The van der Waals surface area contributed by atoms with Crippen molar-refractivity contribution in [3.8, 4) is 0 Å². The molecular weight excluding hydrogens is 436 g/mol. The fourth-order valence-electron chi connectivity index (χ4n) is 12.2. The van der Waals surface area contributed by atoms with E-state index in [9.17, 15) is 9.90 Å². The summed E-state index contributed by atoms with van der Waals surface area (Å²) in [6.07, 6.45) is 12.6. The lowest BCUT2D eigenvalue weighted by atomic mass is 9.30. The van der Waals surface area contributed by atoms with E-state index in [2.05, 4.69) is 41.5 Å². The van der Waals surface area contributed by atoms with E-state index in [0.29, 0.717) is 28.6 Å². The van der Waals surface area contributed by atoms with E-state index >= 15 is 0 Å². The summed E-state index contributed by atoms with van der Waals surface area (Å²) in [4.78, 5) is 12.9. The molecule has 0 aromatic heterocycles. The first-order valence-electron chi connectivity index (χ1n) is 14.7. The molecule has 1 N–H and O–H groups in total. The number of hydrogen-bond donors (Lipinski definition) is 1. The van der Waals surface area contributed by atoms with Crippen molar-refractivity contribution in [1.82, 2.24) is 0 Å². The molecule has 5 aliphatic carbocycles. The average Bonchev–Trinajstić information content (AvgIpc) is 2.96. The van der Waals surface area contributed by atoms with E-state index in [-0.39, 0.29) is 33.5 Å². The molecule has 1 aliphatic heterocycles. The van der Waals surface area contributed by atoms with Gasteiger partial charge in [-0.1, -0.05) is 34.6 Å². The van der Waals surface area contributed by atoms with Gasteiger partial charge < -0.3 is 14.6 Å². The molecule has 0 radical (unpaired) electrons. The molecule has 35 heavy (non-hydrogen) atoms. The molecule has 1 spiro atoms. The van der Waals surface area contributed by atoms with Gasteiger partial charge in [0.2, 0.25) is 0 Å². The number of ether oxygens (including phenoxy) is 2. The molecule has 6 rings (SSSR count). The number of carbonyl (C=O) groups is 1. The average molecular weight is 487 g/mol. The lowest BCUT2D eigenvalue weighted by Gasteiger charge is -2.74. The molecule has 0 amide bonds. The van der Waals surface area contributed by atoms with Crippen LogP contribution in [0.1, 0.15) is 112 Å². The minimum Gasteiger partial charge on any atom is -0.469 e. The van der Waals surface area contributed by atoms with Crippen molar-refractivity contribution in [2.75, 3.05) is 13.7 Å². The predicted octanol–water partition coefficient (Wildman–Crippen LogP) is 6.74. The van der Waals surface area contributed by atoms with E-state index in [1.165, 1.54) is 38.5 Å². The van der Waals surface area contributed by atoms with Crippen LogP contribution in [0.4, 0.5) is 0 Å². The molecular formula is C31H50O4. The molecule has 6 fully saturated rings. The highest BCUT2D eigenvalue weighted by atomic mass is 16.6. The second-order valence-electron chi connectivity index (χ2n) is 15.6. The summed E-state index contributed by atoms with van der Waals surface area (Å²) in [7, 11) is 1.57. The second kappa shape index (κ2) is 7.07. The van der Waals surface area contributed by atoms with E-state index in [4.69, 9.17) is 9.47 Å². The summed E-state index contributed by atoms with van der Waals surface area (Å²) in [6.45, 7) is 15.7. The molecule has 4 nitrogen and oxygen atoms in total. The quantitative estimate of drug-likeness (QED) is 0.417. The zero-order chi connectivity index (χ0) is 25.3. The Balaban J connectivity index is 1.38. The van der Waals surface area contributed by atoms with Gasteiger partial charge in [-0.25, -0.2) is 0 Å². The summed E-state index contributed by atoms with van der Waals surface area (Å²) in [5.74, 6) is 1.27. The Morgan fingerprint density at radius 1 is 0.829 bits per heavy atom. The first-order valence-corrected chi connectivity index (χ1v) is 14.7. The van der Waals surface area contributed by atoms with Crippen LogP contribution in [-0.2, 0) is 14.3 Å². The number of esters is 1. The third kappa shape index (κ3) is 2.75. The van der Waals surface area contributed by atoms with E-state index in [0.717, 1.165) is 38.7 Å². The zero-order valence-corrected chi connectivity index (χ0v) is 23.5. The van der Waals surface area contributed by atoms with Gasteiger partial charge in [0.15, 0.2) is 5.79 Å². The Labute approximate surface area is 213 Å². The SMILES string of the molecule is COC(=O)[C@]1(C)CC[C@]2(C)CC[C@]3(C)C4CC[C@@]56CO[C@@](O)(CCC5[C@]4(C)CCC3(C)[C@@H]2C1)[C@@H]6C. The van der Waals surface area contributed by atoms with Gasteiger partial charge in [-0.05, 0) is 111 Å². The monoisotopic (exact) mass is 486 g/mol. The first kappa shape index (κ1) is 24.7. The van der Waals surface area contributed by atoms with Crippen molar-refractivity contribution in [1.29, 1.82) is 0 Å². The van der Waals surface area contributed by atoms with Crippen molar-refractivity contribution >= 4 is 5.97 Å². The van der Waals surface area contributed by atoms with Crippen molar-refractivity contribution < 1.29 is 19.4 Å². The highest BCUT2D eigenvalue weighted by Crippen LogP contribution is 2.79. The maximum atomic E-state index is 12.9. The molecule has 11 atom stereocenters. The fraction of sp³-hybridized carbons (Fsp3) is 0.968. The zero-order valence-electron chi connectivity index (χ0n) is 23.5. The number of fused-ring (bicyclic) bond motifs is 7. The summed E-state index contributed by atoms with van der Waals surface area (Å²) in [5.41, 5.74) is 0.987. The van der Waals surface area contributed by atoms with Crippen LogP contribution in [0.5, 0.6) is 0 Å². The summed E-state index contributed by atoms with van der Waals surface area (Å²) in [5, 5.41) is 11.2. The van der Waals surface area contributed by atoms with Gasteiger partial charge in [0.05, 0.1) is 19.1 Å². The largest absolute Gasteiger partial charge is 0.469 e. The molecule has 5 saturated carbocycles. The minimum absolute atomic E-state index is 0.000552. The number of rotatable bonds is 1. The Kier molecular flexibility index (Phi) is 4.99. The third-order valence-electron chi connectivity index (χ3n) is 14.8. The number of hydrogen-bond acceptors (Lipinski definition) is 4. The van der Waals surface area contributed by atoms with Gasteiger partial charge in [-0.2, -0.15) is 0 Å². The number of methoxy groups -OCH3 is 1. The maximum absolute atomic E-state index is 12.9. The fourth-order valence-corrected chi connectivity index (χ4v) is 12.2. The van der Waals surface area contributed by atoms with Gasteiger partial charge in [0.25, 0.3) is 0 Å². The lowest BCUT2D eigenvalue weighted by molar-refractivity contribution is -0.267. The first-order chi connectivity index (χ1) is 16.2. The van der Waals surface area contributed by atoms with Gasteiger partial charge >= 0.3 is 5.97 Å². The summed E-state index contributed by atoms with van der Waals surface area (Å²) in [6, 6.07) is 0. The van der Waals surface area contributed by atoms with E-state index in [1.54, 1.807) is 7.11 Å². The molecule has 4 heteroatoms. The van der Waals surface area contributed by atoms with Crippen LogP contribution in [-0.4, -0.2) is 30.6 Å². The molecule has 0 aromatic rings. The predicted molar refractivity (Wildman–Crippen MR) is 136 cm³/mol. The second-order valence-corrected chi connectivity index (χ2v) is 15.6. The van der Waals surface area contributed by atoms with E-state index < -0.39 is 5.79 Å². The smallest absolute Gasteiger partial charge is 0.311 e. The molecule has 6 aliphatic rings. The van der Waals surface area contributed by atoms with Crippen LogP contribution >= 0.6 is 0 Å². The highest BCUT2D eigenvalue weighted by Gasteiger charge is 2.74. The van der Waals surface area contributed by atoms with Crippen LogP contribution < -0.4 is 0 Å². The molecule has 2 bridgehead atoms. The van der Waals surface area contributed by atoms with Crippen molar-refractivity contribution in [3.63, 3.8) is 0 Å². The van der Waals surface area contributed by atoms with Gasteiger partial charge in [0.1, 0.15) is 0 Å². The maximum Gasteiger partial charge on any atom is 0.311 e. The number of aliphatic hydroxyl groups is 1. The van der Waals surface area contributed by atoms with Crippen LogP contribution in [0.3, 0.4) is 0 Å². The van der Waals surface area contributed by atoms with Crippen LogP contribution in [0.2, 0.25) is 0 Å². The van der Waals surface area contributed by atoms with Crippen molar-refractivity contribution in [2.24, 2.45) is 56.2 Å². The Morgan fingerprint density at radius 2 is 1.46 bits per heavy atom. The Morgan fingerprint density at radius 3 is 2.17 bits per heavy atom. The highest BCUT2D eigenvalue weighted by molar-refractivity contribution is 5.76. The number of carbonyl (C=O) groups excluding carboxylic acids is 1. The Bertz CT molecular complexity index is 933. The van der Waals surface area contributed by atoms with Crippen molar-refractivity contribution in [2.45, 2.75) is 118 Å². The Hall–Kier alpha value is -0.610.